The number of aromatic amines is 1. The quantitative estimate of drug-likeness (QED) is 0.659. The van der Waals surface area contributed by atoms with Gasteiger partial charge >= 0.3 is 0 Å². The molecule has 1 heterocycles. The second-order valence-electron chi connectivity index (χ2n) is 7.71. The van der Waals surface area contributed by atoms with E-state index in [4.69, 9.17) is 4.74 Å². The van der Waals surface area contributed by atoms with E-state index in [1.807, 2.05) is 0 Å². The lowest BCUT2D eigenvalue weighted by molar-refractivity contribution is 0.0935. The van der Waals surface area contributed by atoms with E-state index < -0.39 is 17.8 Å². The number of hydrogen-bond acceptors (Lipinski definition) is 4. The van der Waals surface area contributed by atoms with Gasteiger partial charge in [0.1, 0.15) is 0 Å². The van der Waals surface area contributed by atoms with Gasteiger partial charge in [0, 0.05) is 5.39 Å². The topological polar surface area (TPSA) is 84.1 Å². The van der Waals surface area contributed by atoms with Gasteiger partial charge in [-0.2, -0.15) is 5.10 Å². The van der Waals surface area contributed by atoms with Crippen LogP contribution < -0.4 is 15.6 Å². The average molecular weight is 409 g/mol. The van der Waals surface area contributed by atoms with Gasteiger partial charge in [0.2, 0.25) is 0 Å². The summed E-state index contributed by atoms with van der Waals surface area (Å²) in [7, 11) is 0. The third-order valence-corrected chi connectivity index (χ3v) is 5.56. The van der Waals surface area contributed by atoms with E-state index in [0.29, 0.717) is 16.3 Å². The van der Waals surface area contributed by atoms with Gasteiger partial charge in [-0.1, -0.05) is 30.7 Å². The number of carbonyl (C=O) groups is 1. The smallest absolute Gasteiger partial charge is 0.272 e. The Kier molecular flexibility index (Phi) is 5.79. The number of rotatable bonds is 5. The summed E-state index contributed by atoms with van der Waals surface area (Å²) in [6, 6.07) is 11.1. The largest absolute Gasteiger partial charge is 0.487 e. The van der Waals surface area contributed by atoms with Crippen molar-refractivity contribution in [2.45, 2.75) is 51.2 Å². The van der Waals surface area contributed by atoms with E-state index in [-0.39, 0.29) is 23.1 Å². The standard InChI is InChI=1S/C23H24FN3O3/c1-14(15-11-12-20(19(24)13-15)30-16-7-3-2-4-8-16)25-23(29)21-17-9-5-6-10-18(17)22(28)27-26-21/h5-6,9-14,16H,2-4,7-8H2,1H3,(H,25,29)(H,27,28). The summed E-state index contributed by atoms with van der Waals surface area (Å²) in [4.78, 5) is 24.7. The van der Waals surface area contributed by atoms with Gasteiger partial charge < -0.3 is 10.1 Å². The number of H-pyrrole nitrogens is 1. The molecule has 30 heavy (non-hydrogen) atoms. The van der Waals surface area contributed by atoms with E-state index in [1.54, 1.807) is 43.3 Å². The Labute approximate surface area is 173 Å². The molecular formula is C23H24FN3O3. The van der Waals surface area contributed by atoms with Crippen molar-refractivity contribution in [3.63, 3.8) is 0 Å². The third-order valence-electron chi connectivity index (χ3n) is 5.56. The van der Waals surface area contributed by atoms with Gasteiger partial charge in [0.05, 0.1) is 17.5 Å². The van der Waals surface area contributed by atoms with Gasteiger partial charge in [0.25, 0.3) is 11.5 Å². The molecule has 1 aliphatic rings. The van der Waals surface area contributed by atoms with Crippen LogP contribution in [0.5, 0.6) is 5.75 Å². The lowest BCUT2D eigenvalue weighted by atomic mass is 9.98. The first-order valence-corrected chi connectivity index (χ1v) is 10.3. The van der Waals surface area contributed by atoms with Crippen molar-refractivity contribution in [1.82, 2.24) is 15.5 Å². The third kappa shape index (κ3) is 4.20. The predicted octanol–water partition coefficient (Wildman–Crippen LogP) is 4.26. The van der Waals surface area contributed by atoms with Crippen molar-refractivity contribution in [1.29, 1.82) is 0 Å². The van der Waals surface area contributed by atoms with Gasteiger partial charge in [-0.15, -0.1) is 0 Å². The number of fused-ring (bicyclic) bond motifs is 1. The number of amides is 1. The zero-order valence-electron chi connectivity index (χ0n) is 16.8. The molecule has 1 atom stereocenters. The summed E-state index contributed by atoms with van der Waals surface area (Å²) >= 11 is 0. The molecule has 0 radical (unpaired) electrons. The molecule has 2 aromatic carbocycles. The highest BCUT2D eigenvalue weighted by Gasteiger charge is 2.20. The summed E-state index contributed by atoms with van der Waals surface area (Å²) in [6.45, 7) is 1.77. The normalized spacial score (nSPS) is 15.7. The molecule has 2 N–H and O–H groups in total. The first kappa shape index (κ1) is 20.1. The highest BCUT2D eigenvalue weighted by Crippen LogP contribution is 2.27. The molecule has 1 fully saturated rings. The molecule has 0 spiro atoms. The molecule has 156 valence electrons. The van der Waals surface area contributed by atoms with Crippen molar-refractivity contribution in [3.05, 3.63) is 69.9 Å². The molecule has 1 aromatic heterocycles. The number of hydrogen-bond donors (Lipinski definition) is 2. The molecule has 7 heteroatoms. The minimum absolute atomic E-state index is 0.0656. The number of aromatic nitrogens is 2. The van der Waals surface area contributed by atoms with Gasteiger partial charge in [-0.25, -0.2) is 9.49 Å². The highest BCUT2D eigenvalue weighted by molar-refractivity contribution is 6.04. The summed E-state index contributed by atoms with van der Waals surface area (Å²) in [6.07, 6.45) is 5.40. The first-order valence-electron chi connectivity index (χ1n) is 10.3. The van der Waals surface area contributed by atoms with Gasteiger partial charge in [0.15, 0.2) is 17.3 Å². The predicted molar refractivity (Wildman–Crippen MR) is 112 cm³/mol. The van der Waals surface area contributed by atoms with Crippen molar-refractivity contribution in [2.75, 3.05) is 0 Å². The van der Waals surface area contributed by atoms with Crippen molar-refractivity contribution >= 4 is 16.7 Å². The second kappa shape index (κ2) is 8.65. The molecule has 0 bridgehead atoms. The van der Waals surface area contributed by atoms with E-state index in [0.717, 1.165) is 25.7 Å². The summed E-state index contributed by atoms with van der Waals surface area (Å²) in [5, 5.41) is 9.93. The average Bonchev–Trinajstić information content (AvgIpc) is 2.76. The summed E-state index contributed by atoms with van der Waals surface area (Å²) < 4.78 is 20.4. The Morgan fingerprint density at radius 1 is 1.17 bits per heavy atom. The van der Waals surface area contributed by atoms with Crippen LogP contribution in [0.15, 0.2) is 47.3 Å². The maximum absolute atomic E-state index is 14.6. The Morgan fingerprint density at radius 2 is 1.90 bits per heavy atom. The number of carbonyl (C=O) groups excluding carboxylic acids is 1. The van der Waals surface area contributed by atoms with Crippen LogP contribution in [0.25, 0.3) is 10.8 Å². The van der Waals surface area contributed by atoms with Crippen LogP contribution in [0.2, 0.25) is 0 Å². The van der Waals surface area contributed by atoms with E-state index in [1.165, 1.54) is 12.5 Å². The minimum Gasteiger partial charge on any atom is -0.487 e. The van der Waals surface area contributed by atoms with Crippen LogP contribution in [0.4, 0.5) is 4.39 Å². The zero-order valence-corrected chi connectivity index (χ0v) is 16.8. The second-order valence-corrected chi connectivity index (χ2v) is 7.71. The monoisotopic (exact) mass is 409 g/mol. The van der Waals surface area contributed by atoms with E-state index in [9.17, 15) is 14.0 Å². The molecule has 1 saturated carbocycles. The molecule has 6 nitrogen and oxygen atoms in total. The van der Waals surface area contributed by atoms with Crippen LogP contribution in [0, 0.1) is 5.82 Å². The molecule has 1 aliphatic carbocycles. The molecule has 3 aromatic rings. The van der Waals surface area contributed by atoms with Crippen molar-refractivity contribution in [2.24, 2.45) is 0 Å². The Balaban J connectivity index is 1.49. The van der Waals surface area contributed by atoms with Crippen LogP contribution in [0.3, 0.4) is 0 Å². The minimum atomic E-state index is -0.455. The molecule has 1 unspecified atom stereocenters. The van der Waals surface area contributed by atoms with Crippen molar-refractivity contribution < 1.29 is 13.9 Å². The van der Waals surface area contributed by atoms with Gasteiger partial charge in [-0.05, 0) is 56.4 Å². The van der Waals surface area contributed by atoms with E-state index >= 15 is 0 Å². The maximum atomic E-state index is 14.6. The highest BCUT2D eigenvalue weighted by atomic mass is 19.1. The molecule has 4 rings (SSSR count). The van der Waals surface area contributed by atoms with Crippen LogP contribution in [-0.4, -0.2) is 22.2 Å². The number of nitrogens with one attached hydrogen (secondary N) is 2. The summed E-state index contributed by atoms with van der Waals surface area (Å²) in [5.74, 6) is -0.637. The lowest BCUT2D eigenvalue weighted by Crippen LogP contribution is -2.29. The fraction of sp³-hybridized carbons (Fsp3) is 0.348. The first-order chi connectivity index (χ1) is 14.5. The Hall–Kier alpha value is -3.22. The number of ether oxygens (including phenoxy) is 1. The number of benzene rings is 2. The Morgan fingerprint density at radius 3 is 2.63 bits per heavy atom. The van der Waals surface area contributed by atoms with Crippen LogP contribution in [-0.2, 0) is 0 Å². The molecule has 0 aliphatic heterocycles. The van der Waals surface area contributed by atoms with Crippen molar-refractivity contribution in [3.8, 4) is 5.75 Å². The molecule has 0 saturated heterocycles. The van der Waals surface area contributed by atoms with Crippen LogP contribution in [0.1, 0.15) is 61.1 Å². The number of nitrogens with zero attached hydrogens (tertiary/aromatic N) is 1. The number of halogens is 1. The Bertz CT molecular complexity index is 1120. The SMILES string of the molecule is CC(NC(=O)c1n[nH]c(=O)c2ccccc12)c1ccc(OC2CCCCC2)c(F)c1. The van der Waals surface area contributed by atoms with Gasteiger partial charge in [-0.3, -0.25) is 9.59 Å². The fourth-order valence-electron chi connectivity index (χ4n) is 3.88. The lowest BCUT2D eigenvalue weighted by Gasteiger charge is -2.23. The maximum Gasteiger partial charge on any atom is 0.272 e. The van der Waals surface area contributed by atoms with E-state index in [2.05, 4.69) is 15.5 Å². The molecular weight excluding hydrogens is 385 g/mol. The molecule has 1 amide bonds. The van der Waals surface area contributed by atoms with Crippen LogP contribution >= 0.6 is 0 Å². The zero-order chi connectivity index (χ0) is 21.1. The fourth-order valence-corrected chi connectivity index (χ4v) is 3.88. The summed E-state index contributed by atoms with van der Waals surface area (Å²) in [5.41, 5.74) is 0.381.